The summed E-state index contributed by atoms with van der Waals surface area (Å²) in [6.45, 7) is 4.62. The summed E-state index contributed by atoms with van der Waals surface area (Å²) in [4.78, 5) is 0. The van der Waals surface area contributed by atoms with E-state index in [1.807, 2.05) is 0 Å². The average molecular weight is 462 g/mol. The molecule has 11 heteroatoms. The van der Waals surface area contributed by atoms with Crippen LogP contribution in [0.15, 0.2) is 48.5 Å². The van der Waals surface area contributed by atoms with Gasteiger partial charge in [-0.05, 0) is 22.1 Å². The zero-order valence-electron chi connectivity index (χ0n) is 18.7. The lowest BCUT2D eigenvalue weighted by atomic mass is 9.80. The summed E-state index contributed by atoms with van der Waals surface area (Å²) in [5, 5.41) is 36.2. The van der Waals surface area contributed by atoms with Gasteiger partial charge in [0.25, 0.3) is 0 Å². The van der Waals surface area contributed by atoms with Crippen LogP contribution in [0.25, 0.3) is 0 Å². The van der Waals surface area contributed by atoms with Gasteiger partial charge in [0.05, 0.1) is 66.1 Å². The maximum absolute atomic E-state index is 9.05. The maximum atomic E-state index is 9.05. The molecule has 0 amide bonds. The minimum absolute atomic E-state index is 0.433. The van der Waals surface area contributed by atoms with E-state index in [0.29, 0.717) is 77.0 Å². The molecule has 0 saturated heterocycles. The second-order valence-electron chi connectivity index (χ2n) is 7.17. The van der Waals surface area contributed by atoms with Crippen molar-refractivity contribution in [2.24, 2.45) is 0 Å². The van der Waals surface area contributed by atoms with Gasteiger partial charge in [0.1, 0.15) is 0 Å². The van der Waals surface area contributed by atoms with Gasteiger partial charge < -0.3 is 43.8 Å². The quantitative estimate of drug-likeness (QED) is 0.160. The van der Waals surface area contributed by atoms with Gasteiger partial charge >= 0.3 is 14.2 Å². The predicted molar refractivity (Wildman–Crippen MR) is 124 cm³/mol. The summed E-state index contributed by atoms with van der Waals surface area (Å²) in [7, 11) is -2.91. The van der Waals surface area contributed by atoms with Crippen LogP contribution in [0.1, 0.15) is 11.1 Å². The van der Waals surface area contributed by atoms with Crippen LogP contribution in [0.3, 0.4) is 0 Å². The lowest BCUT2D eigenvalue weighted by Crippen LogP contribution is -2.29. The third kappa shape index (κ3) is 12.3. The SMILES string of the molecule is OB(O)c1ccc(COCCOCCOCCOCCOCc2ccc(B(O)O)cc2)cc1. The van der Waals surface area contributed by atoms with Crippen LogP contribution in [-0.4, -0.2) is 87.2 Å². The molecule has 0 bridgehead atoms. The van der Waals surface area contributed by atoms with Crippen molar-refractivity contribution >= 4 is 25.2 Å². The molecule has 33 heavy (non-hydrogen) atoms. The second-order valence-corrected chi connectivity index (χ2v) is 7.17. The molecule has 4 N–H and O–H groups in total. The fraction of sp³-hybridized carbons (Fsp3) is 0.455. The van der Waals surface area contributed by atoms with E-state index in [1.54, 1.807) is 48.5 Å². The minimum Gasteiger partial charge on any atom is -0.423 e. The van der Waals surface area contributed by atoms with Crippen molar-refractivity contribution in [1.82, 2.24) is 0 Å². The van der Waals surface area contributed by atoms with E-state index in [2.05, 4.69) is 0 Å². The molecule has 0 unspecified atom stereocenters. The van der Waals surface area contributed by atoms with Gasteiger partial charge in [-0.15, -0.1) is 0 Å². The summed E-state index contributed by atoms with van der Waals surface area (Å²) < 4.78 is 27.3. The monoisotopic (exact) mass is 462 g/mol. The Bertz CT molecular complexity index is 679. The summed E-state index contributed by atoms with van der Waals surface area (Å²) in [5.41, 5.74) is 2.80. The molecule has 2 rings (SSSR count). The van der Waals surface area contributed by atoms with Crippen molar-refractivity contribution in [2.45, 2.75) is 13.2 Å². The molecule has 0 spiro atoms. The highest BCUT2D eigenvalue weighted by atomic mass is 16.6. The first kappa shape index (κ1) is 27.5. The van der Waals surface area contributed by atoms with E-state index in [9.17, 15) is 0 Å². The zero-order valence-corrected chi connectivity index (χ0v) is 18.7. The Morgan fingerprint density at radius 3 is 0.970 bits per heavy atom. The van der Waals surface area contributed by atoms with E-state index < -0.39 is 14.2 Å². The van der Waals surface area contributed by atoms with Gasteiger partial charge in [-0.2, -0.15) is 0 Å². The molecular weight excluding hydrogens is 430 g/mol. The van der Waals surface area contributed by atoms with Crippen LogP contribution in [0.4, 0.5) is 0 Å². The van der Waals surface area contributed by atoms with Crippen LogP contribution >= 0.6 is 0 Å². The number of hydrogen-bond acceptors (Lipinski definition) is 9. The largest absolute Gasteiger partial charge is 0.488 e. The van der Waals surface area contributed by atoms with Crippen molar-refractivity contribution in [1.29, 1.82) is 0 Å². The molecule has 0 radical (unpaired) electrons. The molecule has 0 fully saturated rings. The molecule has 9 nitrogen and oxygen atoms in total. The van der Waals surface area contributed by atoms with Crippen molar-refractivity contribution in [2.75, 3.05) is 52.9 Å². The van der Waals surface area contributed by atoms with E-state index in [0.717, 1.165) is 11.1 Å². The highest BCUT2D eigenvalue weighted by Gasteiger charge is 2.10. The lowest BCUT2D eigenvalue weighted by molar-refractivity contribution is -0.0138. The van der Waals surface area contributed by atoms with Crippen LogP contribution in [-0.2, 0) is 36.9 Å². The predicted octanol–water partition coefficient (Wildman–Crippen LogP) is -1.17. The Balaban J connectivity index is 1.32. The Morgan fingerprint density at radius 1 is 0.424 bits per heavy atom. The van der Waals surface area contributed by atoms with Crippen molar-refractivity contribution in [3.05, 3.63) is 59.7 Å². The third-order valence-electron chi connectivity index (χ3n) is 4.58. The Hall–Kier alpha value is -1.79. The van der Waals surface area contributed by atoms with Gasteiger partial charge in [-0.25, -0.2) is 0 Å². The first-order valence-corrected chi connectivity index (χ1v) is 10.8. The van der Waals surface area contributed by atoms with Crippen LogP contribution in [0.2, 0.25) is 0 Å². The fourth-order valence-corrected chi connectivity index (χ4v) is 2.73. The molecule has 0 aliphatic rings. The Morgan fingerprint density at radius 2 is 0.697 bits per heavy atom. The van der Waals surface area contributed by atoms with E-state index in [1.165, 1.54) is 0 Å². The van der Waals surface area contributed by atoms with Gasteiger partial charge in [0, 0.05) is 0 Å². The maximum Gasteiger partial charge on any atom is 0.488 e. The summed E-state index contributed by atoms with van der Waals surface area (Å²) >= 11 is 0. The average Bonchev–Trinajstić information content (AvgIpc) is 2.82. The molecule has 2 aromatic rings. The van der Waals surface area contributed by atoms with Crippen LogP contribution in [0.5, 0.6) is 0 Å². The molecule has 0 heterocycles. The third-order valence-corrected chi connectivity index (χ3v) is 4.58. The van der Waals surface area contributed by atoms with Crippen LogP contribution in [0, 0.1) is 0 Å². The zero-order chi connectivity index (χ0) is 23.7. The molecule has 0 atom stereocenters. The van der Waals surface area contributed by atoms with E-state index in [-0.39, 0.29) is 0 Å². The summed E-state index contributed by atoms with van der Waals surface area (Å²) in [6, 6.07) is 13.8. The molecular formula is C22H32B2O9. The van der Waals surface area contributed by atoms with Crippen molar-refractivity contribution in [3.63, 3.8) is 0 Å². The molecule has 2 aromatic carbocycles. The van der Waals surface area contributed by atoms with E-state index >= 15 is 0 Å². The normalized spacial score (nSPS) is 11.0. The second kappa shape index (κ2) is 16.8. The van der Waals surface area contributed by atoms with Crippen molar-refractivity contribution in [3.8, 4) is 0 Å². The summed E-state index contributed by atoms with van der Waals surface area (Å²) in [5.74, 6) is 0. The molecule has 0 saturated carbocycles. The first-order valence-electron chi connectivity index (χ1n) is 10.8. The summed E-state index contributed by atoms with van der Waals surface area (Å²) in [6.07, 6.45) is 0. The fourth-order valence-electron chi connectivity index (χ4n) is 2.73. The number of benzene rings is 2. The van der Waals surface area contributed by atoms with Gasteiger partial charge in [-0.1, -0.05) is 48.5 Å². The number of rotatable bonds is 18. The standard InChI is InChI=1S/C22H32B2O9/c25-23(26)21-5-1-19(2-6-21)17-32-15-13-30-11-9-29-10-12-31-14-16-33-18-20-3-7-22(8-4-20)24(27)28/h1-8,25-28H,9-18H2. The molecule has 0 aliphatic heterocycles. The Kier molecular flexibility index (Phi) is 13.9. The molecule has 0 aliphatic carbocycles. The lowest BCUT2D eigenvalue weighted by Gasteiger charge is -2.08. The molecule has 180 valence electrons. The van der Waals surface area contributed by atoms with E-state index in [4.69, 9.17) is 43.8 Å². The Labute approximate surface area is 195 Å². The highest BCUT2D eigenvalue weighted by molar-refractivity contribution is 6.58. The van der Waals surface area contributed by atoms with Gasteiger partial charge in [0.15, 0.2) is 0 Å². The first-order chi connectivity index (χ1) is 16.1. The smallest absolute Gasteiger partial charge is 0.423 e. The van der Waals surface area contributed by atoms with Crippen molar-refractivity contribution < 1.29 is 43.8 Å². The number of hydrogen-bond donors (Lipinski definition) is 4. The number of ether oxygens (including phenoxy) is 5. The topological polar surface area (TPSA) is 127 Å². The highest BCUT2D eigenvalue weighted by Crippen LogP contribution is 2.01. The van der Waals surface area contributed by atoms with Gasteiger partial charge in [-0.3, -0.25) is 0 Å². The molecule has 0 aromatic heterocycles. The van der Waals surface area contributed by atoms with Crippen LogP contribution < -0.4 is 10.9 Å². The minimum atomic E-state index is -1.46. The van der Waals surface area contributed by atoms with Gasteiger partial charge in [0.2, 0.25) is 0 Å².